The third kappa shape index (κ3) is 9.11. The predicted molar refractivity (Wildman–Crippen MR) is 63.6 cm³/mol. The lowest BCUT2D eigenvalue weighted by Gasteiger charge is -2.05. The van der Waals surface area contributed by atoms with Crippen LogP contribution < -0.4 is 0 Å². The highest BCUT2D eigenvalue weighted by atomic mass is 32.2. The van der Waals surface area contributed by atoms with E-state index in [1.54, 1.807) is 6.92 Å². The molecule has 5 nitrogen and oxygen atoms in total. The summed E-state index contributed by atoms with van der Waals surface area (Å²) in [6.45, 7) is 3.36. The molecule has 0 amide bonds. The van der Waals surface area contributed by atoms with Gasteiger partial charge in [0, 0.05) is 6.92 Å². The van der Waals surface area contributed by atoms with E-state index in [-0.39, 0.29) is 29.2 Å². The Hall–Kier alpha value is -0.140. The second-order valence-corrected chi connectivity index (χ2v) is 5.44. The molecule has 0 aliphatic rings. The molecule has 0 saturated heterocycles. The largest absolute Gasteiger partial charge is 0.394 e. The van der Waals surface area contributed by atoms with Crippen LogP contribution in [0, 0.1) is 0 Å². The molecular formula is C10H21O5S+. The molecule has 0 aliphatic carbocycles. The summed E-state index contributed by atoms with van der Waals surface area (Å²) in [4.78, 5) is 11.1. The van der Waals surface area contributed by atoms with Crippen molar-refractivity contribution < 1.29 is 24.5 Å². The van der Waals surface area contributed by atoms with E-state index >= 15 is 0 Å². The van der Waals surface area contributed by atoms with E-state index in [0.717, 1.165) is 0 Å². The van der Waals surface area contributed by atoms with Gasteiger partial charge >= 0.3 is 5.12 Å². The maximum Gasteiger partial charge on any atom is 0.328 e. The number of hydrogen-bond donors (Lipinski definition) is 2. The fraction of sp³-hybridized carbons (Fsp3) is 0.900. The van der Waals surface area contributed by atoms with E-state index in [1.807, 2.05) is 0 Å². The van der Waals surface area contributed by atoms with Crippen molar-refractivity contribution in [1.29, 1.82) is 0 Å². The summed E-state index contributed by atoms with van der Waals surface area (Å²) in [6.07, 6.45) is 0. The minimum absolute atomic E-state index is 0.0181. The molecule has 0 aromatic heterocycles. The molecule has 0 heterocycles. The van der Waals surface area contributed by atoms with Gasteiger partial charge in [-0.3, -0.25) is 0 Å². The first-order valence-corrected chi connectivity index (χ1v) is 6.84. The molecule has 0 radical (unpaired) electrons. The van der Waals surface area contributed by atoms with E-state index in [0.29, 0.717) is 37.9 Å². The van der Waals surface area contributed by atoms with E-state index in [9.17, 15) is 4.79 Å². The van der Waals surface area contributed by atoms with Crippen molar-refractivity contribution in [3.63, 3.8) is 0 Å². The van der Waals surface area contributed by atoms with Gasteiger partial charge in [0.1, 0.15) is 11.5 Å². The van der Waals surface area contributed by atoms with Crippen molar-refractivity contribution in [3.05, 3.63) is 0 Å². The Morgan fingerprint density at radius 1 is 1.00 bits per heavy atom. The van der Waals surface area contributed by atoms with Crippen molar-refractivity contribution in [2.75, 3.05) is 51.1 Å². The second-order valence-electron chi connectivity index (χ2n) is 3.06. The Balaban J connectivity index is 3.37. The van der Waals surface area contributed by atoms with E-state index in [1.165, 1.54) is 0 Å². The number of aliphatic hydroxyl groups excluding tert-OH is 2. The number of carbonyl (C=O) groups excluding carboxylic acids is 1. The molecular weight excluding hydrogens is 232 g/mol. The summed E-state index contributed by atoms with van der Waals surface area (Å²) in [7, 11) is -0.380. The summed E-state index contributed by atoms with van der Waals surface area (Å²) >= 11 is 0. The first-order chi connectivity index (χ1) is 7.72. The molecule has 1 unspecified atom stereocenters. The molecule has 0 rings (SSSR count). The zero-order valence-electron chi connectivity index (χ0n) is 9.68. The molecule has 6 heteroatoms. The highest BCUT2D eigenvalue weighted by Crippen LogP contribution is 1.98. The minimum Gasteiger partial charge on any atom is -0.394 e. The van der Waals surface area contributed by atoms with Crippen molar-refractivity contribution in [2.24, 2.45) is 0 Å². The molecule has 0 aromatic carbocycles. The van der Waals surface area contributed by atoms with Crippen LogP contribution in [0.4, 0.5) is 0 Å². The summed E-state index contributed by atoms with van der Waals surface area (Å²) in [5, 5.41) is 17.3. The minimum atomic E-state index is -0.380. The van der Waals surface area contributed by atoms with Crippen molar-refractivity contribution in [2.45, 2.75) is 6.92 Å². The molecule has 96 valence electrons. The molecule has 0 spiro atoms. The molecule has 0 saturated carbocycles. The van der Waals surface area contributed by atoms with Crippen LogP contribution in [-0.2, 0) is 25.2 Å². The van der Waals surface area contributed by atoms with Crippen LogP contribution in [0.1, 0.15) is 6.92 Å². The van der Waals surface area contributed by atoms with Crippen LogP contribution in [0.15, 0.2) is 0 Å². The van der Waals surface area contributed by atoms with Crippen LogP contribution in [0.2, 0.25) is 0 Å². The second kappa shape index (κ2) is 11.3. The quantitative estimate of drug-likeness (QED) is 0.392. The Morgan fingerprint density at radius 2 is 1.62 bits per heavy atom. The Morgan fingerprint density at radius 3 is 2.12 bits per heavy atom. The first kappa shape index (κ1) is 15.9. The molecule has 0 aliphatic heterocycles. The lowest BCUT2D eigenvalue weighted by molar-refractivity contribution is -0.109. The van der Waals surface area contributed by atoms with Crippen LogP contribution in [0.3, 0.4) is 0 Å². The van der Waals surface area contributed by atoms with Gasteiger partial charge in [-0.25, -0.2) is 4.79 Å². The van der Waals surface area contributed by atoms with Gasteiger partial charge in [-0.2, -0.15) is 0 Å². The molecule has 1 atom stereocenters. The van der Waals surface area contributed by atoms with Gasteiger partial charge in [0.15, 0.2) is 0 Å². The Kier molecular flexibility index (Phi) is 11.2. The smallest absolute Gasteiger partial charge is 0.328 e. The highest BCUT2D eigenvalue weighted by Gasteiger charge is 2.23. The van der Waals surface area contributed by atoms with Gasteiger partial charge in [-0.05, 0) is 0 Å². The fourth-order valence-corrected chi connectivity index (χ4v) is 2.36. The average Bonchev–Trinajstić information content (AvgIpc) is 2.26. The molecule has 2 N–H and O–H groups in total. The Labute approximate surface area is 99.1 Å². The molecule has 0 fully saturated rings. The summed E-state index contributed by atoms with van der Waals surface area (Å²) in [6, 6.07) is 0. The van der Waals surface area contributed by atoms with Crippen molar-refractivity contribution >= 4 is 16.0 Å². The topological polar surface area (TPSA) is 76.0 Å². The lowest BCUT2D eigenvalue weighted by atomic mass is 10.7. The molecule has 16 heavy (non-hydrogen) atoms. The summed E-state index contributed by atoms with van der Waals surface area (Å²) in [5.74, 6) is 1.19. The average molecular weight is 253 g/mol. The fourth-order valence-electron chi connectivity index (χ4n) is 1.05. The summed E-state index contributed by atoms with van der Waals surface area (Å²) < 4.78 is 10.3. The first-order valence-electron chi connectivity index (χ1n) is 5.27. The van der Waals surface area contributed by atoms with Crippen LogP contribution in [0.25, 0.3) is 0 Å². The van der Waals surface area contributed by atoms with Gasteiger partial charge < -0.3 is 19.7 Å². The maximum atomic E-state index is 11.1. The van der Waals surface area contributed by atoms with Gasteiger partial charge in [0.05, 0.1) is 50.5 Å². The monoisotopic (exact) mass is 253 g/mol. The van der Waals surface area contributed by atoms with E-state index in [2.05, 4.69) is 0 Å². The third-order valence-corrected chi connectivity index (χ3v) is 3.97. The lowest BCUT2D eigenvalue weighted by Crippen LogP contribution is -2.25. The molecule has 0 aromatic rings. The van der Waals surface area contributed by atoms with Crippen LogP contribution in [0.5, 0.6) is 0 Å². The Bertz CT molecular complexity index is 177. The van der Waals surface area contributed by atoms with Gasteiger partial charge in [0.2, 0.25) is 0 Å². The number of carbonyl (C=O) groups is 1. The van der Waals surface area contributed by atoms with Crippen molar-refractivity contribution in [3.8, 4) is 0 Å². The zero-order valence-corrected chi connectivity index (χ0v) is 10.5. The maximum absolute atomic E-state index is 11.1. The SMILES string of the molecule is CC(=O)[S+](CCO)CCOCCOCCO. The summed E-state index contributed by atoms with van der Waals surface area (Å²) in [5.41, 5.74) is 0. The van der Waals surface area contributed by atoms with Gasteiger partial charge in [0.25, 0.3) is 0 Å². The van der Waals surface area contributed by atoms with E-state index < -0.39 is 0 Å². The molecule has 0 bridgehead atoms. The van der Waals surface area contributed by atoms with Gasteiger partial charge in [-0.15, -0.1) is 0 Å². The number of hydrogen-bond acceptors (Lipinski definition) is 5. The van der Waals surface area contributed by atoms with Crippen LogP contribution in [-0.4, -0.2) is 66.5 Å². The normalized spacial score (nSPS) is 12.7. The third-order valence-electron chi connectivity index (χ3n) is 1.83. The number of ether oxygens (including phenoxy) is 2. The van der Waals surface area contributed by atoms with E-state index in [4.69, 9.17) is 19.7 Å². The highest BCUT2D eigenvalue weighted by molar-refractivity contribution is 8.10. The standard InChI is InChI=1S/C10H21O5S/c1-10(13)16(8-3-12)9-7-15-6-5-14-4-2-11/h11-12H,2-9H2,1H3/q+1. The number of aliphatic hydroxyl groups is 2. The van der Waals surface area contributed by atoms with Crippen molar-refractivity contribution in [1.82, 2.24) is 0 Å². The number of rotatable bonds is 10. The van der Waals surface area contributed by atoms with Gasteiger partial charge in [-0.1, -0.05) is 0 Å². The zero-order chi connectivity index (χ0) is 12.2. The van der Waals surface area contributed by atoms with Crippen LogP contribution >= 0.6 is 0 Å². The predicted octanol–water partition coefficient (Wildman–Crippen LogP) is -0.831.